The minimum Gasteiger partial charge on any atom is -0.508 e. The van der Waals surface area contributed by atoms with Crippen LogP contribution in [-0.2, 0) is 6.42 Å². The Hall–Kier alpha value is -0.980. The zero-order valence-corrected chi connectivity index (χ0v) is 6.80. The molecule has 0 aliphatic rings. The van der Waals surface area contributed by atoms with Crippen LogP contribution in [0.4, 0.5) is 0 Å². The van der Waals surface area contributed by atoms with E-state index in [2.05, 4.69) is 13.0 Å². The summed E-state index contributed by atoms with van der Waals surface area (Å²) < 4.78 is 0. The molecule has 0 aromatic heterocycles. The van der Waals surface area contributed by atoms with Gasteiger partial charge in [0.15, 0.2) is 0 Å². The van der Waals surface area contributed by atoms with E-state index in [0.717, 1.165) is 12.0 Å². The molecule has 0 heterocycles. The number of phenols is 1. The van der Waals surface area contributed by atoms with Crippen LogP contribution in [0, 0.1) is 6.07 Å². The van der Waals surface area contributed by atoms with E-state index in [1.54, 1.807) is 18.2 Å². The van der Waals surface area contributed by atoms with E-state index in [4.69, 9.17) is 5.11 Å². The first-order valence-electron chi connectivity index (χ1n) is 4.02. The van der Waals surface area contributed by atoms with Gasteiger partial charge in [-0.1, -0.05) is 19.4 Å². The first-order chi connectivity index (χ1) is 5.33. The van der Waals surface area contributed by atoms with E-state index in [9.17, 15) is 0 Å². The van der Waals surface area contributed by atoms with Crippen LogP contribution < -0.4 is 0 Å². The second kappa shape index (κ2) is 4.02. The Morgan fingerprint density at radius 1 is 1.55 bits per heavy atom. The third-order valence-corrected chi connectivity index (χ3v) is 1.64. The zero-order chi connectivity index (χ0) is 8.10. The van der Waals surface area contributed by atoms with E-state index >= 15 is 0 Å². The maximum atomic E-state index is 9.09. The third-order valence-electron chi connectivity index (χ3n) is 1.64. The van der Waals surface area contributed by atoms with Gasteiger partial charge in [0.2, 0.25) is 0 Å². The summed E-state index contributed by atoms with van der Waals surface area (Å²) in [6.07, 6.45) is 3.37. The molecule has 1 nitrogen and oxygen atoms in total. The van der Waals surface area contributed by atoms with Gasteiger partial charge in [0.25, 0.3) is 0 Å². The van der Waals surface area contributed by atoms with Crippen LogP contribution in [-0.4, -0.2) is 5.11 Å². The molecule has 0 aliphatic heterocycles. The Balaban J connectivity index is 2.56. The van der Waals surface area contributed by atoms with Gasteiger partial charge in [-0.25, -0.2) is 0 Å². The zero-order valence-electron chi connectivity index (χ0n) is 6.80. The molecule has 0 spiro atoms. The molecule has 0 atom stereocenters. The minimum atomic E-state index is 0.342. The summed E-state index contributed by atoms with van der Waals surface area (Å²) in [6.45, 7) is 2.16. The Kier molecular flexibility index (Phi) is 2.96. The lowest BCUT2D eigenvalue weighted by molar-refractivity contribution is 0.474. The van der Waals surface area contributed by atoms with Gasteiger partial charge in [-0.05, 0) is 36.6 Å². The average Bonchev–Trinajstić information content (AvgIpc) is 2.01. The second-order valence-corrected chi connectivity index (χ2v) is 2.68. The molecule has 0 fully saturated rings. The van der Waals surface area contributed by atoms with Crippen molar-refractivity contribution in [3.8, 4) is 5.75 Å². The van der Waals surface area contributed by atoms with E-state index in [0.29, 0.717) is 5.75 Å². The van der Waals surface area contributed by atoms with Crippen molar-refractivity contribution in [2.45, 2.75) is 26.2 Å². The SMILES string of the molecule is CCCCc1[c]ccc(O)c1. The van der Waals surface area contributed by atoms with Crippen molar-refractivity contribution < 1.29 is 5.11 Å². The number of rotatable bonds is 3. The third kappa shape index (κ3) is 2.62. The lowest BCUT2D eigenvalue weighted by Gasteiger charge is -1.98. The van der Waals surface area contributed by atoms with Crippen LogP contribution in [0.3, 0.4) is 0 Å². The topological polar surface area (TPSA) is 20.2 Å². The molecule has 0 saturated carbocycles. The highest BCUT2D eigenvalue weighted by Crippen LogP contribution is 2.12. The average molecular weight is 149 g/mol. The Morgan fingerprint density at radius 2 is 2.36 bits per heavy atom. The number of unbranched alkanes of at least 4 members (excludes halogenated alkanes) is 1. The molecule has 0 saturated heterocycles. The summed E-state index contributed by atoms with van der Waals surface area (Å²) in [7, 11) is 0. The van der Waals surface area contributed by atoms with Gasteiger partial charge in [0, 0.05) is 0 Å². The van der Waals surface area contributed by atoms with Crippen LogP contribution in [0.1, 0.15) is 25.3 Å². The molecule has 11 heavy (non-hydrogen) atoms. The fourth-order valence-corrected chi connectivity index (χ4v) is 1.01. The Labute approximate surface area is 67.7 Å². The van der Waals surface area contributed by atoms with Crippen molar-refractivity contribution in [3.05, 3.63) is 29.8 Å². The molecule has 1 rings (SSSR count). The number of phenolic OH excluding ortho intramolecular Hbond substituents is 1. The van der Waals surface area contributed by atoms with Crippen molar-refractivity contribution in [2.75, 3.05) is 0 Å². The minimum absolute atomic E-state index is 0.342. The number of aryl methyl sites for hydroxylation is 1. The van der Waals surface area contributed by atoms with Crippen LogP contribution in [0.15, 0.2) is 18.2 Å². The van der Waals surface area contributed by atoms with Crippen molar-refractivity contribution >= 4 is 0 Å². The lowest BCUT2D eigenvalue weighted by Crippen LogP contribution is -1.83. The summed E-state index contributed by atoms with van der Waals surface area (Å²) in [4.78, 5) is 0. The van der Waals surface area contributed by atoms with Gasteiger partial charge in [-0.2, -0.15) is 0 Å². The quantitative estimate of drug-likeness (QED) is 0.700. The van der Waals surface area contributed by atoms with Gasteiger partial charge in [0.05, 0.1) is 0 Å². The molecule has 1 aromatic carbocycles. The smallest absolute Gasteiger partial charge is 0.115 e. The molecule has 0 amide bonds. The maximum Gasteiger partial charge on any atom is 0.115 e. The van der Waals surface area contributed by atoms with Crippen LogP contribution in [0.5, 0.6) is 5.75 Å². The standard InChI is InChI=1S/C10H13O/c1-2-3-5-9-6-4-7-10(11)8-9/h4,7-8,11H,2-3,5H2,1H3. The van der Waals surface area contributed by atoms with Crippen molar-refractivity contribution in [1.82, 2.24) is 0 Å². The summed E-state index contributed by atoms with van der Waals surface area (Å²) in [5.74, 6) is 0.342. The molecular weight excluding hydrogens is 136 g/mol. The summed E-state index contributed by atoms with van der Waals surface area (Å²) >= 11 is 0. The predicted octanol–water partition coefficient (Wildman–Crippen LogP) is 2.53. The van der Waals surface area contributed by atoms with Crippen LogP contribution in [0.2, 0.25) is 0 Å². The van der Waals surface area contributed by atoms with Crippen molar-refractivity contribution in [1.29, 1.82) is 0 Å². The molecular formula is C10H13O. The number of aromatic hydroxyl groups is 1. The number of hydrogen-bond donors (Lipinski definition) is 1. The lowest BCUT2D eigenvalue weighted by atomic mass is 10.1. The molecule has 59 valence electrons. The highest BCUT2D eigenvalue weighted by Gasteiger charge is 1.92. The summed E-state index contributed by atoms with van der Waals surface area (Å²) in [5, 5.41) is 9.09. The molecule has 1 heteroatoms. The van der Waals surface area contributed by atoms with Gasteiger partial charge < -0.3 is 5.11 Å². The Bertz CT molecular complexity index is 218. The highest BCUT2D eigenvalue weighted by atomic mass is 16.3. The number of hydrogen-bond acceptors (Lipinski definition) is 1. The summed E-state index contributed by atoms with van der Waals surface area (Å²) in [5.41, 5.74) is 1.10. The summed E-state index contributed by atoms with van der Waals surface area (Å²) in [6, 6.07) is 8.27. The van der Waals surface area contributed by atoms with Crippen molar-refractivity contribution in [3.63, 3.8) is 0 Å². The normalized spacial score (nSPS) is 9.91. The largest absolute Gasteiger partial charge is 0.508 e. The van der Waals surface area contributed by atoms with Crippen LogP contribution in [0.25, 0.3) is 0 Å². The van der Waals surface area contributed by atoms with Gasteiger partial charge >= 0.3 is 0 Å². The van der Waals surface area contributed by atoms with Gasteiger partial charge in [0.1, 0.15) is 5.75 Å². The van der Waals surface area contributed by atoms with E-state index in [-0.39, 0.29) is 0 Å². The maximum absolute atomic E-state index is 9.09. The fourth-order valence-electron chi connectivity index (χ4n) is 1.01. The monoisotopic (exact) mass is 149 g/mol. The number of benzene rings is 1. The van der Waals surface area contributed by atoms with Gasteiger partial charge in [-0.15, -0.1) is 0 Å². The van der Waals surface area contributed by atoms with E-state index in [1.807, 2.05) is 0 Å². The van der Waals surface area contributed by atoms with Crippen LogP contribution >= 0.6 is 0 Å². The predicted molar refractivity (Wildman–Crippen MR) is 45.6 cm³/mol. The second-order valence-electron chi connectivity index (χ2n) is 2.68. The molecule has 1 radical (unpaired) electrons. The van der Waals surface area contributed by atoms with E-state index in [1.165, 1.54) is 12.8 Å². The van der Waals surface area contributed by atoms with E-state index < -0.39 is 0 Å². The molecule has 1 aromatic rings. The van der Waals surface area contributed by atoms with Crippen molar-refractivity contribution in [2.24, 2.45) is 0 Å². The first-order valence-corrected chi connectivity index (χ1v) is 4.02. The molecule has 0 bridgehead atoms. The molecule has 0 unspecified atom stereocenters. The van der Waals surface area contributed by atoms with Gasteiger partial charge in [-0.3, -0.25) is 0 Å². The highest BCUT2D eigenvalue weighted by molar-refractivity contribution is 5.26. The molecule has 0 aliphatic carbocycles. The first kappa shape index (κ1) is 8.12. The molecule has 1 N–H and O–H groups in total. The Morgan fingerprint density at radius 3 is 3.00 bits per heavy atom. The fraction of sp³-hybridized carbons (Fsp3) is 0.400.